The van der Waals surface area contributed by atoms with E-state index < -0.39 is 0 Å². The highest BCUT2D eigenvalue weighted by Gasteiger charge is 2.19. The number of halogens is 1. The van der Waals surface area contributed by atoms with E-state index in [1.807, 2.05) is 30.3 Å². The lowest BCUT2D eigenvalue weighted by Crippen LogP contribution is -2.19. The van der Waals surface area contributed by atoms with Crippen LogP contribution < -0.4 is 5.73 Å². The van der Waals surface area contributed by atoms with Crippen LogP contribution in [-0.4, -0.2) is 28.9 Å². The van der Waals surface area contributed by atoms with E-state index in [1.165, 1.54) is 0 Å². The van der Waals surface area contributed by atoms with Gasteiger partial charge in [-0.15, -0.1) is 12.4 Å². The molecule has 2 aromatic rings. The molecule has 0 bridgehead atoms. The summed E-state index contributed by atoms with van der Waals surface area (Å²) in [6.07, 6.45) is 2.37. The lowest BCUT2D eigenvalue weighted by molar-refractivity contribution is 0.0511. The molecule has 0 saturated carbocycles. The zero-order valence-corrected chi connectivity index (χ0v) is 12.8. The van der Waals surface area contributed by atoms with Crippen molar-refractivity contribution < 1.29 is 9.53 Å². The molecule has 6 heteroatoms. The first-order valence-electron chi connectivity index (χ1n) is 6.72. The van der Waals surface area contributed by atoms with Crippen molar-refractivity contribution in [3.63, 3.8) is 0 Å². The minimum atomic E-state index is -0.343. The number of benzene rings is 1. The molecule has 0 saturated heterocycles. The van der Waals surface area contributed by atoms with Gasteiger partial charge in [-0.05, 0) is 12.5 Å². The Balaban J connectivity index is 0.00000220. The maximum atomic E-state index is 12.1. The van der Waals surface area contributed by atoms with Crippen molar-refractivity contribution in [3.8, 4) is 0 Å². The summed E-state index contributed by atoms with van der Waals surface area (Å²) in [5, 5.41) is 4.24. The van der Waals surface area contributed by atoms with Gasteiger partial charge in [0.15, 0.2) is 0 Å². The summed E-state index contributed by atoms with van der Waals surface area (Å²) in [6, 6.07) is 9.96. The molecule has 0 spiro atoms. The lowest BCUT2D eigenvalue weighted by Gasteiger charge is -2.08. The van der Waals surface area contributed by atoms with Crippen molar-refractivity contribution in [1.82, 2.24) is 9.78 Å². The molecular weight excluding hydrogens is 290 g/mol. The zero-order chi connectivity index (χ0) is 14.4. The average Bonchev–Trinajstić information content (AvgIpc) is 2.83. The third-order valence-corrected chi connectivity index (χ3v) is 2.96. The van der Waals surface area contributed by atoms with E-state index in [4.69, 9.17) is 10.5 Å². The first-order chi connectivity index (χ1) is 9.76. The second-order valence-electron chi connectivity index (χ2n) is 4.41. The summed E-state index contributed by atoms with van der Waals surface area (Å²) in [5.74, 6) is -0.343. The number of aromatic nitrogens is 2. The van der Waals surface area contributed by atoms with E-state index in [-0.39, 0.29) is 18.4 Å². The van der Waals surface area contributed by atoms with Gasteiger partial charge in [0, 0.05) is 18.5 Å². The molecule has 0 fully saturated rings. The SMILES string of the molecule is CCOC(=O)c1c(Cc2ccccc2)cnn1CCN.Cl. The number of hydrogen-bond acceptors (Lipinski definition) is 4. The Bertz CT molecular complexity index is 570. The van der Waals surface area contributed by atoms with Gasteiger partial charge >= 0.3 is 5.97 Å². The largest absolute Gasteiger partial charge is 0.461 e. The lowest BCUT2D eigenvalue weighted by atomic mass is 10.1. The third kappa shape index (κ3) is 4.31. The summed E-state index contributed by atoms with van der Waals surface area (Å²) in [5.41, 5.74) is 8.05. The number of hydrogen-bond donors (Lipinski definition) is 1. The summed E-state index contributed by atoms with van der Waals surface area (Å²) < 4.78 is 6.73. The zero-order valence-electron chi connectivity index (χ0n) is 12.0. The number of rotatable bonds is 6. The first kappa shape index (κ1) is 17.2. The molecule has 2 N–H and O–H groups in total. The fourth-order valence-electron chi connectivity index (χ4n) is 2.10. The van der Waals surface area contributed by atoms with Crippen molar-refractivity contribution in [2.75, 3.05) is 13.2 Å². The molecule has 2 rings (SSSR count). The predicted octanol–water partition coefficient (Wildman–Crippen LogP) is 2.03. The van der Waals surface area contributed by atoms with Gasteiger partial charge in [0.25, 0.3) is 0 Å². The van der Waals surface area contributed by atoms with E-state index >= 15 is 0 Å². The number of nitrogens with zero attached hydrogens (tertiary/aromatic N) is 2. The van der Waals surface area contributed by atoms with Crippen LogP contribution in [0.2, 0.25) is 0 Å². The smallest absolute Gasteiger partial charge is 0.356 e. The maximum Gasteiger partial charge on any atom is 0.356 e. The molecule has 1 aromatic heterocycles. The van der Waals surface area contributed by atoms with Crippen molar-refractivity contribution in [1.29, 1.82) is 0 Å². The number of carbonyl (C=O) groups is 1. The van der Waals surface area contributed by atoms with Gasteiger partial charge in [0.2, 0.25) is 0 Å². The standard InChI is InChI=1S/C15H19N3O2.ClH/c1-2-20-15(19)14-13(11-17-18(14)9-8-16)10-12-6-4-3-5-7-12;/h3-7,11H,2,8-10,16H2,1H3;1H. The molecule has 0 aliphatic rings. The Morgan fingerprint density at radius 3 is 2.67 bits per heavy atom. The van der Waals surface area contributed by atoms with Gasteiger partial charge < -0.3 is 10.5 Å². The highest BCUT2D eigenvalue weighted by atomic mass is 35.5. The van der Waals surface area contributed by atoms with Crippen LogP contribution in [0.1, 0.15) is 28.5 Å². The van der Waals surface area contributed by atoms with Crippen molar-refractivity contribution in [3.05, 3.63) is 53.3 Å². The van der Waals surface area contributed by atoms with Gasteiger partial charge in [0.1, 0.15) is 5.69 Å². The van der Waals surface area contributed by atoms with Gasteiger partial charge in [-0.1, -0.05) is 30.3 Å². The summed E-state index contributed by atoms with van der Waals surface area (Å²) in [7, 11) is 0. The topological polar surface area (TPSA) is 70.1 Å². The normalized spacial score (nSPS) is 10.0. The molecule has 114 valence electrons. The van der Waals surface area contributed by atoms with E-state index in [0.717, 1.165) is 11.1 Å². The Labute approximate surface area is 130 Å². The number of nitrogens with two attached hydrogens (primary N) is 1. The fraction of sp³-hybridized carbons (Fsp3) is 0.333. The molecule has 0 amide bonds. The van der Waals surface area contributed by atoms with Gasteiger partial charge in [-0.3, -0.25) is 4.68 Å². The Morgan fingerprint density at radius 2 is 2.05 bits per heavy atom. The van der Waals surface area contributed by atoms with Gasteiger partial charge in [-0.25, -0.2) is 4.79 Å². The van der Waals surface area contributed by atoms with Crippen LogP contribution in [0.5, 0.6) is 0 Å². The minimum Gasteiger partial charge on any atom is -0.461 e. The van der Waals surface area contributed by atoms with Gasteiger partial charge in [0.05, 0.1) is 19.3 Å². The van der Waals surface area contributed by atoms with E-state index in [0.29, 0.717) is 31.8 Å². The molecule has 0 aliphatic heterocycles. The fourth-order valence-corrected chi connectivity index (χ4v) is 2.10. The van der Waals surface area contributed by atoms with Crippen LogP contribution >= 0.6 is 12.4 Å². The summed E-state index contributed by atoms with van der Waals surface area (Å²) in [6.45, 7) is 3.07. The average molecular weight is 310 g/mol. The molecule has 0 unspecified atom stereocenters. The Morgan fingerprint density at radius 1 is 1.33 bits per heavy atom. The number of ether oxygens (including phenoxy) is 1. The molecule has 1 heterocycles. The summed E-state index contributed by atoms with van der Waals surface area (Å²) in [4.78, 5) is 12.1. The minimum absolute atomic E-state index is 0. The van der Waals surface area contributed by atoms with Crippen LogP contribution in [-0.2, 0) is 17.7 Å². The van der Waals surface area contributed by atoms with E-state index in [1.54, 1.807) is 17.8 Å². The first-order valence-corrected chi connectivity index (χ1v) is 6.72. The Kier molecular flexibility index (Phi) is 6.91. The highest BCUT2D eigenvalue weighted by molar-refractivity contribution is 5.89. The molecule has 1 aromatic carbocycles. The predicted molar refractivity (Wildman–Crippen MR) is 83.7 cm³/mol. The van der Waals surface area contributed by atoms with Crippen LogP contribution in [0.15, 0.2) is 36.5 Å². The quantitative estimate of drug-likeness (QED) is 0.829. The molecule has 0 aliphatic carbocycles. The second kappa shape index (κ2) is 8.44. The monoisotopic (exact) mass is 309 g/mol. The summed E-state index contributed by atoms with van der Waals surface area (Å²) >= 11 is 0. The van der Waals surface area contributed by atoms with Crippen molar-refractivity contribution in [2.24, 2.45) is 5.73 Å². The molecule has 0 atom stereocenters. The molecule has 0 radical (unpaired) electrons. The van der Waals surface area contributed by atoms with Crippen molar-refractivity contribution in [2.45, 2.75) is 19.9 Å². The van der Waals surface area contributed by atoms with Gasteiger partial charge in [-0.2, -0.15) is 5.10 Å². The van der Waals surface area contributed by atoms with Crippen LogP contribution in [0.4, 0.5) is 0 Å². The van der Waals surface area contributed by atoms with Crippen LogP contribution in [0.25, 0.3) is 0 Å². The maximum absolute atomic E-state index is 12.1. The Hall–Kier alpha value is -1.85. The van der Waals surface area contributed by atoms with E-state index in [2.05, 4.69) is 5.10 Å². The number of esters is 1. The second-order valence-corrected chi connectivity index (χ2v) is 4.41. The molecule has 21 heavy (non-hydrogen) atoms. The highest BCUT2D eigenvalue weighted by Crippen LogP contribution is 2.15. The van der Waals surface area contributed by atoms with Crippen LogP contribution in [0.3, 0.4) is 0 Å². The van der Waals surface area contributed by atoms with Crippen LogP contribution in [0, 0.1) is 0 Å². The molecule has 5 nitrogen and oxygen atoms in total. The van der Waals surface area contributed by atoms with Crippen molar-refractivity contribution >= 4 is 18.4 Å². The van der Waals surface area contributed by atoms with E-state index in [9.17, 15) is 4.79 Å². The number of carbonyl (C=O) groups excluding carboxylic acids is 1. The third-order valence-electron chi connectivity index (χ3n) is 2.96. The molecular formula is C15H20ClN3O2.